The molecule has 0 saturated carbocycles. The first kappa shape index (κ1) is 36.5. The van der Waals surface area contributed by atoms with Crippen molar-refractivity contribution in [1.29, 1.82) is 0 Å². The molecule has 0 unspecified atom stereocenters. The van der Waals surface area contributed by atoms with Crippen molar-refractivity contribution in [2.24, 2.45) is 0 Å². The molecule has 17 rings (SSSR count). The zero-order chi connectivity index (χ0) is 43.2. The Labute approximate surface area is 407 Å². The van der Waals surface area contributed by atoms with Gasteiger partial charge in [-0.1, -0.05) is 0 Å². The van der Waals surface area contributed by atoms with Crippen molar-refractivity contribution in [3.05, 3.63) is 194 Å². The summed E-state index contributed by atoms with van der Waals surface area (Å²) in [6.45, 7) is 0.142. The summed E-state index contributed by atoms with van der Waals surface area (Å²) in [5.74, 6) is 0. The minimum absolute atomic E-state index is 0.0122. The van der Waals surface area contributed by atoms with Gasteiger partial charge in [-0.25, -0.2) is 0 Å². The van der Waals surface area contributed by atoms with Crippen LogP contribution >= 0.6 is 0 Å². The number of fused-ring (bicyclic) bond motifs is 17. The van der Waals surface area contributed by atoms with Crippen LogP contribution in [0.1, 0.15) is 0 Å². The molecule has 7 aliphatic rings. The number of rotatable bonds is 2. The van der Waals surface area contributed by atoms with E-state index in [1.54, 1.807) is 0 Å². The summed E-state index contributed by atoms with van der Waals surface area (Å²) in [6, 6.07) is 74.7. The molecule has 9 aromatic carbocycles. The molecule has 0 N–H and O–H groups in total. The van der Waals surface area contributed by atoms with E-state index in [4.69, 9.17) is 0 Å². The van der Waals surface area contributed by atoms with E-state index in [9.17, 15) is 0 Å². The van der Waals surface area contributed by atoms with Crippen LogP contribution in [0.2, 0.25) is 0 Å². The van der Waals surface area contributed by atoms with Crippen LogP contribution in [0.4, 0.5) is 68.2 Å². The minimum atomic E-state index is -0.0122. The molecule has 67 heavy (non-hydrogen) atoms. The zero-order valence-corrected chi connectivity index (χ0v) is 40.8. The Morgan fingerprint density at radius 2 is 0.672 bits per heavy atom. The van der Waals surface area contributed by atoms with E-state index in [-0.39, 0.29) is 57.8 Å². The second-order valence-corrected chi connectivity index (χ2v) is 25.0. The van der Waals surface area contributed by atoms with E-state index in [1.165, 1.54) is 139 Å². The van der Waals surface area contributed by atoms with Crippen LogP contribution in [0.5, 0.6) is 0 Å². The molecule has 0 saturated heterocycles. The van der Waals surface area contributed by atoms with Gasteiger partial charge in [-0.15, -0.1) is 0 Å². The van der Waals surface area contributed by atoms with Gasteiger partial charge in [0.25, 0.3) is 0 Å². The van der Waals surface area contributed by atoms with Gasteiger partial charge in [0.05, 0.1) is 0 Å². The number of nitrogens with zero attached hydrogens (tertiary/aromatic N) is 4. The molecule has 10 aromatic rings. The van der Waals surface area contributed by atoms with Crippen molar-refractivity contribution in [3.8, 4) is 20.0 Å². The Morgan fingerprint density at radius 1 is 0.269 bits per heavy atom. The van der Waals surface area contributed by atoms with E-state index < -0.39 is 0 Å². The van der Waals surface area contributed by atoms with Crippen LogP contribution in [0.3, 0.4) is 0 Å². The average molecular weight is 1040 g/mol. The predicted molar refractivity (Wildman–Crippen MR) is 286 cm³/mol. The molecule has 1 aromatic heterocycles. The van der Waals surface area contributed by atoms with Crippen molar-refractivity contribution in [3.63, 3.8) is 0 Å². The molecule has 0 bridgehead atoms. The molecule has 0 atom stereocenters. The predicted octanol–water partition coefficient (Wildman–Crippen LogP) is 6.49. The molecule has 0 aliphatic carbocycles. The van der Waals surface area contributed by atoms with Crippen LogP contribution in [-0.2, 0) is 0 Å². The standard InChI is InChI=1S/C58H32B2N4Se3/c1-3-15-33(16-4-1)57-55-56(58(67-57)34-17-5-2-6-18-34)64-44-30-32-48-54-50(44)60(36-20-8-10-22-40(36)62(54)42-24-12-14-26-46(42)66-48)38-28-27-37-51(52(38)64)63(55)43-29-31-47-53-49(43)59(37)35-19-7-9-21-39(35)61(53)41-23-11-13-25-45(41)65-47/h1-32H. The van der Waals surface area contributed by atoms with Gasteiger partial charge in [-0.05, 0) is 0 Å². The van der Waals surface area contributed by atoms with Crippen LogP contribution in [-0.4, -0.2) is 57.8 Å². The van der Waals surface area contributed by atoms with E-state index >= 15 is 0 Å². The molecule has 0 fully saturated rings. The Bertz CT molecular complexity index is 3640. The van der Waals surface area contributed by atoms with Crippen molar-refractivity contribution in [2.45, 2.75) is 0 Å². The monoisotopic (exact) mass is 1050 g/mol. The summed E-state index contributed by atoms with van der Waals surface area (Å²) >= 11 is 0.334. The fourth-order valence-corrected chi connectivity index (χ4v) is 19.9. The van der Waals surface area contributed by atoms with Gasteiger partial charge in [0, 0.05) is 0 Å². The first-order chi connectivity index (χ1) is 33.3. The fourth-order valence-electron chi connectivity index (χ4n) is 12.7. The zero-order valence-electron chi connectivity index (χ0n) is 35.6. The van der Waals surface area contributed by atoms with Crippen LogP contribution in [0, 0.1) is 0 Å². The first-order valence-corrected chi connectivity index (χ1v) is 28.1. The quantitative estimate of drug-likeness (QED) is 0.184. The van der Waals surface area contributed by atoms with Gasteiger partial charge in [-0.2, -0.15) is 0 Å². The Morgan fingerprint density at radius 3 is 1.13 bits per heavy atom. The first-order valence-electron chi connectivity index (χ1n) is 23.0. The second kappa shape index (κ2) is 13.1. The van der Waals surface area contributed by atoms with Crippen molar-refractivity contribution >= 4 is 177 Å². The van der Waals surface area contributed by atoms with Crippen LogP contribution < -0.4 is 70.2 Å². The van der Waals surface area contributed by atoms with Gasteiger partial charge >= 0.3 is 410 Å². The Balaban J connectivity index is 1.04. The second-order valence-electron chi connectivity index (χ2n) is 18.3. The molecule has 0 radical (unpaired) electrons. The molecule has 0 spiro atoms. The maximum absolute atomic E-state index is 2.79. The summed E-state index contributed by atoms with van der Waals surface area (Å²) in [6.07, 6.45) is 0. The van der Waals surface area contributed by atoms with Crippen LogP contribution in [0.25, 0.3) is 20.0 Å². The summed E-state index contributed by atoms with van der Waals surface area (Å²) in [7, 11) is 0. The third-order valence-electron chi connectivity index (χ3n) is 15.1. The molecular formula is C58H32B2N4Se3. The van der Waals surface area contributed by atoms with Crippen molar-refractivity contribution in [1.82, 2.24) is 0 Å². The van der Waals surface area contributed by atoms with Gasteiger partial charge in [0.1, 0.15) is 0 Å². The van der Waals surface area contributed by atoms with E-state index in [0.29, 0.717) is 0 Å². The average Bonchev–Trinajstić information content (AvgIpc) is 3.79. The molecule has 4 nitrogen and oxygen atoms in total. The normalized spacial score (nSPS) is 14.9. The van der Waals surface area contributed by atoms with Gasteiger partial charge in [0.15, 0.2) is 0 Å². The number of benzene rings is 9. The third-order valence-corrected chi connectivity index (χ3v) is 22.4. The number of hydrogen-bond donors (Lipinski definition) is 0. The fraction of sp³-hybridized carbons (Fsp3) is 0. The van der Waals surface area contributed by atoms with Crippen molar-refractivity contribution in [2.75, 3.05) is 19.6 Å². The van der Waals surface area contributed by atoms with E-state index in [0.717, 1.165) is 0 Å². The van der Waals surface area contributed by atoms with E-state index in [1.807, 2.05) is 0 Å². The Hall–Kier alpha value is -6.65. The summed E-state index contributed by atoms with van der Waals surface area (Å²) < 4.78 is 8.68. The van der Waals surface area contributed by atoms with Gasteiger partial charge in [0.2, 0.25) is 0 Å². The number of para-hydroxylation sites is 4. The molecule has 7 aliphatic heterocycles. The van der Waals surface area contributed by atoms with Crippen molar-refractivity contribution < 1.29 is 0 Å². The molecule has 0 amide bonds. The van der Waals surface area contributed by atoms with Gasteiger partial charge < -0.3 is 0 Å². The molecular weight excluding hydrogens is 1010 g/mol. The third kappa shape index (κ3) is 4.50. The summed E-state index contributed by atoms with van der Waals surface area (Å²) in [5, 5.41) is 0. The summed E-state index contributed by atoms with van der Waals surface area (Å²) in [5.41, 5.74) is 27.1. The summed E-state index contributed by atoms with van der Waals surface area (Å²) in [4.78, 5) is 10.8. The van der Waals surface area contributed by atoms with E-state index in [2.05, 4.69) is 214 Å². The Kier molecular flexibility index (Phi) is 7.11. The SMILES string of the molecule is c1ccc(-c2[se]c(-c3ccccc3)c3c2N2c4ccc5c6c4B(c4ccccc4N6c4ccccc4[Se]5)c4ccc5c(c42)N3c2ccc3c4c2B5c2ccccc2N4c2ccccc2[Se]3)cc1. The molecule has 9 heteroatoms. The molecule has 8 heterocycles. The molecule has 308 valence electrons. The van der Waals surface area contributed by atoms with Gasteiger partial charge in [-0.3, -0.25) is 0 Å². The van der Waals surface area contributed by atoms with Crippen LogP contribution in [0.15, 0.2) is 194 Å². The number of hydrogen-bond acceptors (Lipinski definition) is 4. The number of anilines is 12. The topological polar surface area (TPSA) is 13.0 Å². The maximum atomic E-state index is 2.79.